The van der Waals surface area contributed by atoms with Gasteiger partial charge in [0.25, 0.3) is 0 Å². The Labute approximate surface area is 113 Å². The minimum atomic E-state index is -2.61. The molecule has 1 unspecified atom stereocenters. The van der Waals surface area contributed by atoms with Gasteiger partial charge < -0.3 is 0 Å². The smallest absolute Gasteiger partial charge is 0.207 e. The van der Waals surface area contributed by atoms with Gasteiger partial charge in [0.1, 0.15) is 0 Å². The molecule has 4 nitrogen and oxygen atoms in total. The molecule has 19 heavy (non-hydrogen) atoms. The molecular formula is C12H13ClF2N4. The fourth-order valence-corrected chi connectivity index (χ4v) is 2.75. The average molecular weight is 287 g/mol. The van der Waals surface area contributed by atoms with Crippen molar-refractivity contribution in [1.82, 2.24) is 19.8 Å². The molecule has 0 radical (unpaired) electrons. The third kappa shape index (κ3) is 1.98. The van der Waals surface area contributed by atoms with E-state index in [4.69, 9.17) is 11.6 Å². The Morgan fingerprint density at radius 1 is 1.26 bits per heavy atom. The summed E-state index contributed by atoms with van der Waals surface area (Å²) in [6.45, 7) is 3.72. The van der Waals surface area contributed by atoms with Gasteiger partial charge in [-0.2, -0.15) is 9.61 Å². The van der Waals surface area contributed by atoms with Gasteiger partial charge in [-0.1, -0.05) is 11.6 Å². The summed E-state index contributed by atoms with van der Waals surface area (Å²) in [6.07, 6.45) is 0.102. The number of rotatable bonds is 1. The normalized spacial score (nSPS) is 22.3. The molecule has 0 saturated heterocycles. The standard InChI is InChI=1S/C12H13ClF2N4/c1-6-7(2)10-16-17-11(19(10)18-9(6)13)8-3-4-12(14,15)5-8/h8H,3-5H2,1-2H3. The summed E-state index contributed by atoms with van der Waals surface area (Å²) in [7, 11) is 0. The van der Waals surface area contributed by atoms with E-state index in [1.807, 2.05) is 13.8 Å². The highest BCUT2D eigenvalue weighted by atomic mass is 35.5. The molecule has 1 aliphatic rings. The molecule has 0 amide bonds. The van der Waals surface area contributed by atoms with Gasteiger partial charge in [-0.3, -0.25) is 0 Å². The van der Waals surface area contributed by atoms with Gasteiger partial charge in [-0.05, 0) is 25.8 Å². The van der Waals surface area contributed by atoms with Crippen LogP contribution in [0.4, 0.5) is 8.78 Å². The third-order valence-corrected chi connectivity index (χ3v) is 4.19. The summed E-state index contributed by atoms with van der Waals surface area (Å²) in [5.74, 6) is -2.44. The van der Waals surface area contributed by atoms with Gasteiger partial charge in [0.2, 0.25) is 5.92 Å². The van der Waals surface area contributed by atoms with Crippen molar-refractivity contribution in [2.24, 2.45) is 0 Å². The second-order valence-electron chi connectivity index (χ2n) is 5.13. The van der Waals surface area contributed by atoms with Crippen LogP contribution >= 0.6 is 11.6 Å². The Morgan fingerprint density at radius 2 is 2.00 bits per heavy atom. The molecule has 2 aromatic heterocycles. The molecule has 2 heterocycles. The molecule has 0 N–H and O–H groups in total. The zero-order valence-corrected chi connectivity index (χ0v) is 11.4. The van der Waals surface area contributed by atoms with E-state index >= 15 is 0 Å². The molecule has 0 aliphatic heterocycles. The topological polar surface area (TPSA) is 43.1 Å². The number of fused-ring (bicyclic) bond motifs is 1. The predicted octanol–water partition coefficient (Wildman–Crippen LogP) is 3.30. The SMILES string of the molecule is Cc1c(Cl)nn2c(C3CCC(F)(F)C3)nnc2c1C. The lowest BCUT2D eigenvalue weighted by Gasteiger charge is -2.09. The molecular weight excluding hydrogens is 274 g/mol. The maximum Gasteiger partial charge on any atom is 0.248 e. The lowest BCUT2D eigenvalue weighted by Crippen LogP contribution is -2.11. The summed E-state index contributed by atoms with van der Waals surface area (Å²) < 4.78 is 28.1. The lowest BCUT2D eigenvalue weighted by atomic mass is 10.1. The Balaban J connectivity index is 2.11. The van der Waals surface area contributed by atoms with Crippen molar-refractivity contribution in [3.05, 3.63) is 22.1 Å². The van der Waals surface area contributed by atoms with Crippen LogP contribution in [0.2, 0.25) is 5.15 Å². The van der Waals surface area contributed by atoms with Crippen LogP contribution in [0, 0.1) is 13.8 Å². The number of nitrogens with zero attached hydrogens (tertiary/aromatic N) is 4. The van der Waals surface area contributed by atoms with E-state index in [-0.39, 0.29) is 18.8 Å². The number of alkyl halides is 2. The molecule has 3 rings (SSSR count). The highest BCUT2D eigenvalue weighted by Crippen LogP contribution is 2.43. The van der Waals surface area contributed by atoms with E-state index in [1.165, 1.54) is 4.52 Å². The molecule has 102 valence electrons. The molecule has 1 aliphatic carbocycles. The van der Waals surface area contributed by atoms with Crippen LogP contribution in [0.5, 0.6) is 0 Å². The van der Waals surface area contributed by atoms with Crippen molar-refractivity contribution in [3.63, 3.8) is 0 Å². The first-order valence-corrected chi connectivity index (χ1v) is 6.53. The van der Waals surface area contributed by atoms with Gasteiger partial charge >= 0.3 is 0 Å². The number of aromatic nitrogens is 4. The van der Waals surface area contributed by atoms with Gasteiger partial charge in [-0.15, -0.1) is 10.2 Å². The highest BCUT2D eigenvalue weighted by molar-refractivity contribution is 6.30. The van der Waals surface area contributed by atoms with Crippen LogP contribution < -0.4 is 0 Å². The lowest BCUT2D eigenvalue weighted by molar-refractivity contribution is 0.00749. The average Bonchev–Trinajstić information content (AvgIpc) is 2.89. The molecule has 0 spiro atoms. The molecule has 1 fully saturated rings. The van der Waals surface area contributed by atoms with Gasteiger partial charge in [0.05, 0.1) is 0 Å². The molecule has 1 atom stereocenters. The van der Waals surface area contributed by atoms with E-state index in [0.717, 1.165) is 11.1 Å². The van der Waals surface area contributed by atoms with Crippen molar-refractivity contribution in [2.75, 3.05) is 0 Å². The number of aryl methyl sites for hydroxylation is 1. The Kier molecular flexibility index (Phi) is 2.74. The maximum absolute atomic E-state index is 13.3. The predicted molar refractivity (Wildman–Crippen MR) is 66.8 cm³/mol. The number of hydrogen-bond acceptors (Lipinski definition) is 3. The first-order valence-electron chi connectivity index (χ1n) is 6.15. The minimum absolute atomic E-state index is 0.106. The zero-order chi connectivity index (χ0) is 13.8. The molecule has 2 aromatic rings. The van der Waals surface area contributed by atoms with Crippen LogP contribution in [0.25, 0.3) is 5.65 Å². The Bertz CT molecular complexity index is 653. The van der Waals surface area contributed by atoms with Crippen LogP contribution in [0.15, 0.2) is 0 Å². The van der Waals surface area contributed by atoms with Crippen LogP contribution in [-0.4, -0.2) is 25.7 Å². The van der Waals surface area contributed by atoms with E-state index in [9.17, 15) is 8.78 Å². The van der Waals surface area contributed by atoms with Gasteiger partial charge in [-0.25, -0.2) is 8.78 Å². The number of hydrogen-bond donors (Lipinski definition) is 0. The second kappa shape index (κ2) is 4.10. The molecule has 7 heteroatoms. The van der Waals surface area contributed by atoms with Crippen molar-refractivity contribution >= 4 is 17.2 Å². The summed E-state index contributed by atoms with van der Waals surface area (Å²) in [4.78, 5) is 0. The minimum Gasteiger partial charge on any atom is -0.207 e. The summed E-state index contributed by atoms with van der Waals surface area (Å²) in [6, 6.07) is 0. The maximum atomic E-state index is 13.3. The fourth-order valence-electron chi connectivity index (χ4n) is 2.53. The van der Waals surface area contributed by atoms with E-state index in [1.54, 1.807) is 0 Å². The van der Waals surface area contributed by atoms with E-state index in [2.05, 4.69) is 15.3 Å². The number of halogens is 3. The molecule has 0 aromatic carbocycles. The van der Waals surface area contributed by atoms with Crippen LogP contribution in [-0.2, 0) is 0 Å². The van der Waals surface area contributed by atoms with Crippen molar-refractivity contribution in [3.8, 4) is 0 Å². The second-order valence-corrected chi connectivity index (χ2v) is 5.49. The zero-order valence-electron chi connectivity index (χ0n) is 10.6. The molecule has 0 bridgehead atoms. The van der Waals surface area contributed by atoms with Crippen LogP contribution in [0.1, 0.15) is 42.1 Å². The van der Waals surface area contributed by atoms with E-state index < -0.39 is 5.92 Å². The monoisotopic (exact) mass is 286 g/mol. The van der Waals surface area contributed by atoms with Crippen molar-refractivity contribution in [2.45, 2.75) is 45.0 Å². The van der Waals surface area contributed by atoms with E-state index in [0.29, 0.717) is 23.0 Å². The largest absolute Gasteiger partial charge is 0.248 e. The first kappa shape index (κ1) is 12.7. The van der Waals surface area contributed by atoms with Crippen LogP contribution in [0.3, 0.4) is 0 Å². The highest BCUT2D eigenvalue weighted by Gasteiger charge is 2.42. The Morgan fingerprint density at radius 3 is 2.63 bits per heavy atom. The van der Waals surface area contributed by atoms with Gasteiger partial charge in [0.15, 0.2) is 16.6 Å². The summed E-state index contributed by atoms with van der Waals surface area (Å²) in [5.41, 5.74) is 2.31. The Hall–Kier alpha value is -1.30. The van der Waals surface area contributed by atoms with Crippen molar-refractivity contribution < 1.29 is 8.78 Å². The quantitative estimate of drug-likeness (QED) is 0.808. The van der Waals surface area contributed by atoms with Crippen molar-refractivity contribution in [1.29, 1.82) is 0 Å². The third-order valence-electron chi connectivity index (χ3n) is 3.83. The summed E-state index contributed by atoms with van der Waals surface area (Å²) in [5, 5.41) is 12.7. The fraction of sp³-hybridized carbons (Fsp3) is 0.583. The first-order chi connectivity index (χ1) is 8.89. The molecule has 1 saturated carbocycles. The van der Waals surface area contributed by atoms with Gasteiger partial charge in [0, 0.05) is 24.3 Å². The summed E-state index contributed by atoms with van der Waals surface area (Å²) >= 11 is 6.05.